The molecule has 0 bridgehead atoms. The van der Waals surface area contributed by atoms with Crippen LogP contribution in [-0.4, -0.2) is 20.1 Å². The van der Waals surface area contributed by atoms with Crippen LogP contribution in [-0.2, 0) is 6.42 Å². The standard InChI is InChI=1S/C17H19BrN2O3S/c1-5-10-8(2)24-17-13(10)16(21)19-15(20-17)9-6-11(18)14(23-4)12(7-9)22-3/h6-7,15,20H,5H2,1-4H3,(H,19,21)/t15-/m0/s1. The van der Waals surface area contributed by atoms with E-state index in [0.717, 1.165) is 32.6 Å². The van der Waals surface area contributed by atoms with Crippen LogP contribution in [0.25, 0.3) is 0 Å². The number of anilines is 1. The van der Waals surface area contributed by atoms with Crippen LogP contribution in [0.5, 0.6) is 11.5 Å². The smallest absolute Gasteiger partial charge is 0.256 e. The number of ether oxygens (including phenoxy) is 2. The molecule has 7 heteroatoms. The average Bonchev–Trinajstić information content (AvgIpc) is 2.89. The fraction of sp³-hybridized carbons (Fsp3) is 0.353. The normalized spacial score (nSPS) is 16.2. The van der Waals surface area contributed by atoms with E-state index in [0.29, 0.717) is 11.5 Å². The Bertz CT molecular complexity index is 804. The van der Waals surface area contributed by atoms with E-state index in [9.17, 15) is 4.79 Å². The Morgan fingerprint density at radius 3 is 2.62 bits per heavy atom. The number of nitrogens with one attached hydrogen (secondary N) is 2. The van der Waals surface area contributed by atoms with E-state index in [1.807, 2.05) is 12.1 Å². The number of halogens is 1. The second-order valence-electron chi connectivity index (χ2n) is 5.48. The molecule has 0 saturated carbocycles. The summed E-state index contributed by atoms with van der Waals surface area (Å²) in [6.45, 7) is 4.12. The molecule has 1 atom stereocenters. The van der Waals surface area contributed by atoms with Gasteiger partial charge in [0.15, 0.2) is 11.5 Å². The molecule has 0 radical (unpaired) electrons. The highest BCUT2D eigenvalue weighted by molar-refractivity contribution is 9.10. The van der Waals surface area contributed by atoms with Crippen molar-refractivity contribution in [3.05, 3.63) is 38.2 Å². The molecular formula is C17H19BrN2O3S. The van der Waals surface area contributed by atoms with Crippen molar-refractivity contribution < 1.29 is 14.3 Å². The Morgan fingerprint density at radius 1 is 1.25 bits per heavy atom. The number of hydrogen-bond donors (Lipinski definition) is 2. The number of rotatable bonds is 4. The molecule has 1 aromatic heterocycles. The van der Waals surface area contributed by atoms with Crippen molar-refractivity contribution in [2.24, 2.45) is 0 Å². The molecule has 0 aliphatic carbocycles. The van der Waals surface area contributed by atoms with Gasteiger partial charge in [-0.15, -0.1) is 11.3 Å². The Labute approximate surface area is 153 Å². The largest absolute Gasteiger partial charge is 0.493 e. The number of hydrogen-bond acceptors (Lipinski definition) is 5. The summed E-state index contributed by atoms with van der Waals surface area (Å²) in [6.07, 6.45) is 0.531. The van der Waals surface area contributed by atoms with E-state index in [4.69, 9.17) is 9.47 Å². The maximum absolute atomic E-state index is 12.6. The van der Waals surface area contributed by atoms with Gasteiger partial charge in [0.05, 0.1) is 24.3 Å². The number of carbonyl (C=O) groups is 1. The number of benzene rings is 1. The van der Waals surface area contributed by atoms with E-state index in [1.165, 1.54) is 4.88 Å². The van der Waals surface area contributed by atoms with Gasteiger partial charge in [-0.1, -0.05) is 6.92 Å². The van der Waals surface area contributed by atoms with Crippen LogP contribution >= 0.6 is 27.3 Å². The zero-order chi connectivity index (χ0) is 17.4. The predicted molar refractivity (Wildman–Crippen MR) is 99.5 cm³/mol. The third-order valence-electron chi connectivity index (χ3n) is 4.13. The van der Waals surface area contributed by atoms with E-state index < -0.39 is 0 Å². The maximum atomic E-state index is 12.6. The molecule has 1 aliphatic rings. The summed E-state index contributed by atoms with van der Waals surface area (Å²) in [5.74, 6) is 1.20. The number of carbonyl (C=O) groups excluding carboxylic acids is 1. The van der Waals surface area contributed by atoms with Crippen molar-refractivity contribution in [2.75, 3.05) is 19.5 Å². The van der Waals surface area contributed by atoms with Gasteiger partial charge in [-0.2, -0.15) is 0 Å². The Morgan fingerprint density at radius 2 is 2.00 bits per heavy atom. The van der Waals surface area contributed by atoms with Crippen molar-refractivity contribution in [3.8, 4) is 11.5 Å². The van der Waals surface area contributed by atoms with Crippen LogP contribution in [0.2, 0.25) is 0 Å². The van der Waals surface area contributed by atoms with E-state index in [1.54, 1.807) is 25.6 Å². The molecule has 24 heavy (non-hydrogen) atoms. The van der Waals surface area contributed by atoms with Gasteiger partial charge in [0.25, 0.3) is 5.91 Å². The molecule has 2 N–H and O–H groups in total. The second-order valence-corrected chi connectivity index (χ2v) is 7.56. The molecule has 1 aromatic carbocycles. The van der Waals surface area contributed by atoms with Crippen LogP contribution in [0, 0.1) is 6.92 Å². The number of aryl methyl sites for hydroxylation is 1. The minimum absolute atomic E-state index is 0.0409. The predicted octanol–water partition coefficient (Wildman–Crippen LogP) is 4.25. The first-order chi connectivity index (χ1) is 11.5. The summed E-state index contributed by atoms with van der Waals surface area (Å²) in [5, 5.41) is 7.38. The average molecular weight is 411 g/mol. The molecule has 0 saturated heterocycles. The molecule has 3 rings (SSSR count). The lowest BCUT2D eigenvalue weighted by atomic mass is 10.0. The fourth-order valence-corrected chi connectivity index (χ4v) is 4.78. The minimum atomic E-state index is -0.316. The third-order valence-corrected chi connectivity index (χ3v) is 5.80. The Kier molecular flexibility index (Phi) is 4.73. The Hall–Kier alpha value is -1.73. The van der Waals surface area contributed by atoms with Gasteiger partial charge in [-0.25, -0.2) is 0 Å². The number of amides is 1. The van der Waals surface area contributed by atoms with E-state index in [2.05, 4.69) is 40.4 Å². The number of methoxy groups -OCH3 is 2. The molecule has 0 fully saturated rings. The van der Waals surface area contributed by atoms with Crippen molar-refractivity contribution in [1.29, 1.82) is 0 Å². The lowest BCUT2D eigenvalue weighted by molar-refractivity contribution is 0.0935. The molecule has 128 valence electrons. The summed E-state index contributed by atoms with van der Waals surface area (Å²) in [6, 6.07) is 3.79. The minimum Gasteiger partial charge on any atom is -0.493 e. The number of fused-ring (bicyclic) bond motifs is 1. The Balaban J connectivity index is 2.00. The van der Waals surface area contributed by atoms with Crippen LogP contribution in [0.1, 0.15) is 39.5 Å². The molecule has 2 aromatic rings. The summed E-state index contributed by atoms with van der Waals surface area (Å²) in [5.41, 5.74) is 2.78. The van der Waals surface area contributed by atoms with Crippen LogP contribution in [0.4, 0.5) is 5.00 Å². The van der Waals surface area contributed by atoms with Gasteiger partial charge < -0.3 is 20.1 Å². The fourth-order valence-electron chi connectivity index (χ4n) is 2.99. The highest BCUT2D eigenvalue weighted by Gasteiger charge is 2.30. The van der Waals surface area contributed by atoms with Gasteiger partial charge in [-0.05, 0) is 52.5 Å². The lowest BCUT2D eigenvalue weighted by Gasteiger charge is -2.27. The second kappa shape index (κ2) is 6.64. The zero-order valence-electron chi connectivity index (χ0n) is 14.0. The van der Waals surface area contributed by atoms with Gasteiger partial charge in [-0.3, -0.25) is 4.79 Å². The summed E-state index contributed by atoms with van der Waals surface area (Å²) in [4.78, 5) is 13.8. The molecule has 5 nitrogen and oxygen atoms in total. The third kappa shape index (κ3) is 2.75. The van der Waals surface area contributed by atoms with E-state index in [-0.39, 0.29) is 12.1 Å². The van der Waals surface area contributed by atoms with Crippen LogP contribution in [0.3, 0.4) is 0 Å². The first-order valence-electron chi connectivity index (χ1n) is 7.61. The van der Waals surface area contributed by atoms with Crippen molar-refractivity contribution in [3.63, 3.8) is 0 Å². The van der Waals surface area contributed by atoms with Gasteiger partial charge in [0.1, 0.15) is 11.2 Å². The quantitative estimate of drug-likeness (QED) is 0.790. The van der Waals surface area contributed by atoms with Crippen LogP contribution in [0.15, 0.2) is 16.6 Å². The maximum Gasteiger partial charge on any atom is 0.256 e. The molecule has 1 amide bonds. The molecular weight excluding hydrogens is 392 g/mol. The monoisotopic (exact) mass is 410 g/mol. The molecule has 0 unspecified atom stereocenters. The van der Waals surface area contributed by atoms with Crippen molar-refractivity contribution in [2.45, 2.75) is 26.4 Å². The summed E-state index contributed by atoms with van der Waals surface area (Å²) < 4.78 is 11.5. The molecule has 0 spiro atoms. The van der Waals surface area contributed by atoms with Gasteiger partial charge in [0.2, 0.25) is 0 Å². The topological polar surface area (TPSA) is 59.6 Å². The first-order valence-corrected chi connectivity index (χ1v) is 9.22. The summed E-state index contributed by atoms with van der Waals surface area (Å²) in [7, 11) is 3.19. The van der Waals surface area contributed by atoms with Crippen LogP contribution < -0.4 is 20.1 Å². The molecule has 2 heterocycles. The highest BCUT2D eigenvalue weighted by Crippen LogP contribution is 2.41. The number of thiophene rings is 1. The molecule has 1 aliphatic heterocycles. The zero-order valence-corrected chi connectivity index (χ0v) is 16.4. The van der Waals surface area contributed by atoms with Gasteiger partial charge >= 0.3 is 0 Å². The first kappa shape index (κ1) is 17.1. The lowest BCUT2D eigenvalue weighted by Crippen LogP contribution is -2.38. The van der Waals surface area contributed by atoms with E-state index >= 15 is 0 Å². The summed E-state index contributed by atoms with van der Waals surface area (Å²) >= 11 is 5.12. The van der Waals surface area contributed by atoms with Crippen molar-refractivity contribution >= 4 is 38.2 Å². The van der Waals surface area contributed by atoms with Crippen molar-refractivity contribution in [1.82, 2.24) is 5.32 Å². The highest BCUT2D eigenvalue weighted by atomic mass is 79.9. The SMILES string of the molecule is CCc1c(C)sc2c1C(=O)N[C@H](c1cc(Br)c(OC)c(OC)c1)N2. The van der Waals surface area contributed by atoms with Gasteiger partial charge in [0, 0.05) is 4.88 Å².